The number of β-amino-alcohol motifs (C(OH)–C–C–N with tert-alkyl or cyclic N) is 1. The first-order valence-electron chi connectivity index (χ1n) is 37.8. The fourth-order valence-corrected chi connectivity index (χ4v) is 13.0. The first kappa shape index (κ1) is 107. The van der Waals surface area contributed by atoms with E-state index in [0.717, 1.165) is 21.0 Å². The van der Waals surface area contributed by atoms with E-state index in [0.29, 0.717) is 107 Å². The van der Waals surface area contributed by atoms with Gasteiger partial charge in [-0.25, -0.2) is 24.0 Å². The number of halogens is 4. The molecule has 11 rings (SSSR count). The van der Waals surface area contributed by atoms with E-state index in [9.17, 15) is 76.7 Å². The Bertz CT molecular complexity index is 5110. The van der Waals surface area contributed by atoms with Crippen LogP contribution in [0.4, 0.5) is 0 Å². The number of methoxy groups -OCH3 is 7. The van der Waals surface area contributed by atoms with Crippen molar-refractivity contribution in [3.05, 3.63) is 268 Å². The van der Waals surface area contributed by atoms with Gasteiger partial charge in [-0.05, 0) is 86.5 Å². The van der Waals surface area contributed by atoms with Gasteiger partial charge in [-0.2, -0.15) is 0 Å². The number of aliphatic hydroxyl groups excluding tert-OH is 1. The SMILES string of the molecule is COC(=O)/C=C(\C)N.COC(=O)C1=C(C)NC(COCCN)=C(C(=O)OC)C1c1ccccc1Cl.COC(=O)C1=C(C)NC(COCCN2C(=O)c3ccccc3C2=O)=C(C(=O)OC)C1c1ccccc1Cl.COC(=O)CC(=O)CCl.COC(=O)CC(=O)COCCN1C(=O)c2ccccc2C1=O.O=C1c2ccccc2C(=O)N1CCO.O=Cc1ccccc1Cl.[H-].[Na+]. The second-order valence-electron chi connectivity index (χ2n) is 26.3. The number of hydrogen-bond donors (Lipinski definition) is 5. The molecule has 39 heteroatoms. The van der Waals surface area contributed by atoms with E-state index < -0.39 is 59.4 Å². The van der Waals surface area contributed by atoms with Gasteiger partial charge in [-0.15, -0.1) is 11.6 Å². The maximum absolute atomic E-state index is 13.0. The Labute approximate surface area is 774 Å². The summed E-state index contributed by atoms with van der Waals surface area (Å²) >= 11 is 23.6. The summed E-state index contributed by atoms with van der Waals surface area (Å²) in [6.45, 7) is 5.45. The number of nitrogens with zero attached hydrogens (tertiary/aromatic N) is 3. The molecule has 6 amide bonds. The number of aliphatic hydroxyl groups is 1. The van der Waals surface area contributed by atoms with Gasteiger partial charge >= 0.3 is 71.3 Å². The molecule has 127 heavy (non-hydrogen) atoms. The van der Waals surface area contributed by atoms with Gasteiger partial charge in [0.15, 0.2) is 17.9 Å². The van der Waals surface area contributed by atoms with Crippen molar-refractivity contribution in [1.29, 1.82) is 0 Å². The number of ether oxygens (including phenoxy) is 10. The average Bonchev–Trinajstić information content (AvgIpc) is 1.63. The van der Waals surface area contributed by atoms with E-state index in [-0.39, 0.29) is 172 Å². The molecule has 672 valence electrons. The molecule has 34 nitrogen and oxygen atoms in total. The number of amides is 6. The summed E-state index contributed by atoms with van der Waals surface area (Å²) in [6, 6.07) is 40.7. The van der Waals surface area contributed by atoms with Gasteiger partial charge in [-0.1, -0.05) is 126 Å². The first-order valence-corrected chi connectivity index (χ1v) is 39.5. The molecule has 6 aromatic rings. The van der Waals surface area contributed by atoms with Gasteiger partial charge in [0.1, 0.15) is 19.4 Å². The van der Waals surface area contributed by atoms with Crippen LogP contribution < -0.4 is 51.7 Å². The van der Waals surface area contributed by atoms with Crippen LogP contribution in [0.5, 0.6) is 0 Å². The van der Waals surface area contributed by atoms with Crippen LogP contribution in [0.15, 0.2) is 202 Å². The molecule has 0 aromatic heterocycles. The fourth-order valence-electron chi connectivity index (χ4n) is 12.3. The Morgan fingerprint density at radius 3 is 1.07 bits per heavy atom. The molecule has 7 N–H and O–H groups in total. The van der Waals surface area contributed by atoms with Crippen molar-refractivity contribution in [2.75, 3.05) is 128 Å². The summed E-state index contributed by atoms with van der Waals surface area (Å²) in [5, 5.41) is 16.1. The van der Waals surface area contributed by atoms with Crippen molar-refractivity contribution in [1.82, 2.24) is 25.3 Å². The smallest absolute Gasteiger partial charge is 1.00 e. The molecule has 2 atom stereocenters. The largest absolute Gasteiger partial charge is 1.00 e. The van der Waals surface area contributed by atoms with Crippen LogP contribution in [-0.4, -0.2) is 243 Å². The van der Waals surface area contributed by atoms with Gasteiger partial charge in [0.05, 0.1) is 199 Å². The predicted octanol–water partition coefficient (Wildman–Crippen LogP) is 5.44. The molecular formula is C88H94Cl4N7NaO27. The second kappa shape index (κ2) is 54.9. The maximum atomic E-state index is 13.0. The number of nitrogens with one attached hydrogen (secondary N) is 2. The van der Waals surface area contributed by atoms with Crippen LogP contribution in [0, 0.1) is 0 Å². The predicted molar refractivity (Wildman–Crippen MR) is 458 cm³/mol. The Hall–Kier alpha value is -11.9. The number of ketones is 2. The molecule has 0 aliphatic carbocycles. The molecule has 5 aliphatic heterocycles. The summed E-state index contributed by atoms with van der Waals surface area (Å²) < 4.78 is 49.2. The molecule has 0 fully saturated rings. The molecular weight excluding hydrogens is 1750 g/mol. The second-order valence-corrected chi connectivity index (χ2v) is 27.8. The number of alkyl halides is 1. The van der Waals surface area contributed by atoms with E-state index in [1.807, 2.05) is 0 Å². The summed E-state index contributed by atoms with van der Waals surface area (Å²) in [5.41, 5.74) is 17.8. The van der Waals surface area contributed by atoms with Crippen molar-refractivity contribution in [2.45, 2.75) is 45.4 Å². The molecule has 0 saturated carbocycles. The molecule has 0 saturated heterocycles. The third-order valence-electron chi connectivity index (χ3n) is 18.1. The van der Waals surface area contributed by atoms with Gasteiger partial charge < -0.3 is 76.0 Å². The molecule has 5 aliphatic rings. The molecule has 2 unspecified atom stereocenters. The van der Waals surface area contributed by atoms with Crippen LogP contribution in [-0.2, 0) is 90.5 Å². The number of imide groups is 3. The van der Waals surface area contributed by atoms with Crippen molar-refractivity contribution < 1.29 is 160 Å². The normalized spacial score (nSPS) is 14.4. The van der Waals surface area contributed by atoms with Crippen molar-refractivity contribution >= 4 is 141 Å². The van der Waals surface area contributed by atoms with Gasteiger partial charge in [0, 0.05) is 45.3 Å². The zero-order valence-electron chi connectivity index (χ0n) is 72.1. The Kier molecular flexibility index (Phi) is 46.4. The average molecular weight is 1850 g/mol. The van der Waals surface area contributed by atoms with E-state index >= 15 is 0 Å². The van der Waals surface area contributed by atoms with E-state index in [1.165, 1.54) is 55.8 Å². The zero-order chi connectivity index (χ0) is 93.4. The van der Waals surface area contributed by atoms with Crippen molar-refractivity contribution in [3.63, 3.8) is 0 Å². The fraction of sp³-hybridized carbons (Fsp3) is 0.295. The Morgan fingerprint density at radius 2 is 0.772 bits per heavy atom. The number of benzene rings is 6. The summed E-state index contributed by atoms with van der Waals surface area (Å²) in [4.78, 5) is 190. The van der Waals surface area contributed by atoms with E-state index in [4.69, 9.17) is 96.1 Å². The number of esters is 7. The number of nitrogens with two attached hydrogens (primary N) is 2. The van der Waals surface area contributed by atoms with E-state index in [1.54, 1.807) is 166 Å². The minimum atomic E-state index is -0.871. The number of allylic oxidation sites excluding steroid dienone is 3. The third kappa shape index (κ3) is 30.1. The standard InChI is InChI=1S/C27H25ClN2O7.C19H23ClN2O5.C15H15NO6.C10H9NO3.C7H5ClO.C5H7ClO3.C5H9NO2.Na.H/c1-15-21(26(33)35-2)22(18-10-6-7-11-19(18)28)23(27(34)36-3)20(29-15)14-37-13-12-30-24(31)16-8-4-5-9-17(16)25(30)32;1-11-15(18(23)25-2)16(12-6-4-5-7-13(12)20)17(19(24)26-3)14(22-11)10-27-9-8-21;1-21-13(18)8-10(17)9-22-7-6-16-14(19)11-4-2-3-5-12(11)15(16)20;12-6-5-11-9(13)7-3-1-2-4-8(7)10(11)14;8-7-4-2-1-3-6(7)5-9;1-9-5(8)2-4(7)3-6;1-4(6)3-5(7)8-2;;/h4-11,22,29H,12-14H2,1-3H3;4-7,16,22H,8-10,21H2,1-3H3;2-5H,6-9H2,1H3;1-4,12H,5-6H2;1-5H;2-3H2,1H3;3H,6H2,1-2H3;;/q;;;;;;;+1;-1/b;;;;;;4-3+;;. The Morgan fingerprint density at radius 1 is 0.449 bits per heavy atom. The number of hydrogen-bond acceptors (Lipinski definition) is 31. The summed E-state index contributed by atoms with van der Waals surface area (Å²) in [7, 11) is 8.78. The van der Waals surface area contributed by atoms with Gasteiger partial charge in [0.2, 0.25) is 0 Å². The quantitative estimate of drug-likeness (QED) is 0.00449. The van der Waals surface area contributed by atoms with Crippen LogP contribution >= 0.6 is 46.4 Å². The number of fused-ring (bicyclic) bond motifs is 3. The van der Waals surface area contributed by atoms with Crippen LogP contribution in [0.1, 0.15) is 131 Å². The van der Waals surface area contributed by atoms with Crippen LogP contribution in [0.2, 0.25) is 15.1 Å². The summed E-state index contributed by atoms with van der Waals surface area (Å²) in [6.07, 6.45) is 1.38. The molecule has 6 aromatic carbocycles. The first-order chi connectivity index (χ1) is 60.3. The zero-order valence-corrected chi connectivity index (χ0v) is 76.2. The number of carbonyl (C=O) groups is 16. The third-order valence-corrected chi connectivity index (χ3v) is 19.4. The number of Topliss-reactive ketones (excluding diaryl/α,β-unsaturated/α-hetero) is 2. The molecule has 0 radical (unpaired) electrons. The minimum Gasteiger partial charge on any atom is -1.00 e. The number of aldehydes is 1. The molecule has 0 bridgehead atoms. The van der Waals surface area contributed by atoms with Crippen molar-refractivity contribution in [3.8, 4) is 0 Å². The van der Waals surface area contributed by atoms with Crippen LogP contribution in [0.25, 0.3) is 0 Å². The number of rotatable bonds is 29. The monoisotopic (exact) mass is 1840 g/mol. The van der Waals surface area contributed by atoms with Gasteiger partial charge in [-0.3, -0.25) is 67.4 Å². The van der Waals surface area contributed by atoms with Gasteiger partial charge in [0.25, 0.3) is 35.4 Å². The van der Waals surface area contributed by atoms with Crippen molar-refractivity contribution in [2.24, 2.45) is 11.5 Å². The summed E-state index contributed by atoms with van der Waals surface area (Å²) in [5.74, 6) is -8.67. The molecule has 0 spiro atoms. The Balaban J connectivity index is 0.000000412. The minimum absolute atomic E-state index is 0. The maximum Gasteiger partial charge on any atom is 1.00 e. The number of dihydropyridines is 2. The van der Waals surface area contributed by atoms with Crippen LogP contribution in [0.3, 0.4) is 0 Å². The van der Waals surface area contributed by atoms with E-state index in [2.05, 4.69) is 24.8 Å². The topological polar surface area (TPSA) is 471 Å². The number of carbonyl (C=O) groups excluding carboxylic acids is 16. The molecule has 5 heterocycles.